The molecule has 0 spiro atoms. The van der Waals surface area contributed by atoms with Crippen LogP contribution in [0, 0.1) is 0 Å². The fraction of sp³-hybridized carbons (Fsp3) is 0.462. The standard InChI is InChI=1S/C13H17BrN2O2/c14-10-7-4-8-11(12(10)13(15)16-17)18-9-5-2-1-3-6-9/h4,7-9,17H,1-3,5-6H2,(H2,15,16). The molecule has 18 heavy (non-hydrogen) atoms. The third-order valence-corrected chi connectivity index (χ3v) is 3.85. The molecule has 0 atom stereocenters. The van der Waals surface area contributed by atoms with E-state index in [0.717, 1.165) is 17.3 Å². The zero-order chi connectivity index (χ0) is 13.0. The maximum Gasteiger partial charge on any atom is 0.174 e. The highest BCUT2D eigenvalue weighted by Crippen LogP contribution is 2.30. The summed E-state index contributed by atoms with van der Waals surface area (Å²) in [4.78, 5) is 0. The summed E-state index contributed by atoms with van der Waals surface area (Å²) in [6.07, 6.45) is 6.07. The number of amidine groups is 1. The van der Waals surface area contributed by atoms with Gasteiger partial charge in [-0.15, -0.1) is 0 Å². The van der Waals surface area contributed by atoms with Crippen LogP contribution >= 0.6 is 15.9 Å². The minimum atomic E-state index is 0.0632. The molecule has 0 aromatic heterocycles. The van der Waals surface area contributed by atoms with E-state index >= 15 is 0 Å². The van der Waals surface area contributed by atoms with E-state index in [1.165, 1.54) is 19.3 Å². The summed E-state index contributed by atoms with van der Waals surface area (Å²) in [5.41, 5.74) is 6.31. The first kappa shape index (κ1) is 13.2. The lowest BCUT2D eigenvalue weighted by Gasteiger charge is -2.24. The molecule has 0 aliphatic heterocycles. The molecule has 0 unspecified atom stereocenters. The first-order valence-corrected chi connectivity index (χ1v) is 6.94. The van der Waals surface area contributed by atoms with Crippen molar-refractivity contribution in [1.29, 1.82) is 0 Å². The summed E-state index contributed by atoms with van der Waals surface area (Å²) in [6.45, 7) is 0. The molecule has 0 heterocycles. The third-order valence-electron chi connectivity index (χ3n) is 3.19. The van der Waals surface area contributed by atoms with Crippen molar-refractivity contribution in [3.05, 3.63) is 28.2 Å². The van der Waals surface area contributed by atoms with Gasteiger partial charge in [0.1, 0.15) is 5.75 Å². The molecular weight excluding hydrogens is 296 g/mol. The minimum Gasteiger partial charge on any atom is -0.490 e. The van der Waals surface area contributed by atoms with E-state index in [1.807, 2.05) is 18.2 Å². The van der Waals surface area contributed by atoms with Crippen molar-refractivity contribution in [3.8, 4) is 5.75 Å². The Morgan fingerprint density at radius 2 is 2.06 bits per heavy atom. The Morgan fingerprint density at radius 3 is 2.72 bits per heavy atom. The Bertz CT molecular complexity index is 443. The van der Waals surface area contributed by atoms with Gasteiger partial charge in [-0.1, -0.05) is 17.6 Å². The second kappa shape index (κ2) is 6.09. The lowest BCUT2D eigenvalue weighted by molar-refractivity contribution is 0.154. The molecule has 1 fully saturated rings. The van der Waals surface area contributed by atoms with E-state index in [4.69, 9.17) is 15.7 Å². The molecule has 1 aliphatic rings. The predicted octanol–water partition coefficient (Wildman–Crippen LogP) is 3.26. The van der Waals surface area contributed by atoms with E-state index in [9.17, 15) is 0 Å². The first-order chi connectivity index (χ1) is 8.72. The highest BCUT2D eigenvalue weighted by molar-refractivity contribution is 9.10. The van der Waals surface area contributed by atoms with Crippen LogP contribution in [0.15, 0.2) is 27.8 Å². The number of nitrogens with two attached hydrogens (primary N) is 1. The van der Waals surface area contributed by atoms with Gasteiger partial charge >= 0.3 is 0 Å². The van der Waals surface area contributed by atoms with Gasteiger partial charge in [0.05, 0.1) is 11.7 Å². The minimum absolute atomic E-state index is 0.0632. The molecule has 0 saturated heterocycles. The van der Waals surface area contributed by atoms with Gasteiger partial charge in [0, 0.05) is 4.47 Å². The maximum absolute atomic E-state index is 8.83. The fourth-order valence-electron chi connectivity index (χ4n) is 2.26. The van der Waals surface area contributed by atoms with Crippen molar-refractivity contribution in [2.45, 2.75) is 38.2 Å². The van der Waals surface area contributed by atoms with Crippen molar-refractivity contribution >= 4 is 21.8 Å². The van der Waals surface area contributed by atoms with Crippen LogP contribution in [0.4, 0.5) is 0 Å². The number of oxime groups is 1. The Balaban J connectivity index is 2.23. The summed E-state index contributed by atoms with van der Waals surface area (Å²) in [5.74, 6) is 0.736. The molecular formula is C13H17BrN2O2. The third kappa shape index (κ3) is 2.96. The SMILES string of the molecule is N/C(=N/O)c1c(Br)cccc1OC1CCCCC1. The topological polar surface area (TPSA) is 67.8 Å². The van der Waals surface area contributed by atoms with Gasteiger partial charge in [-0.25, -0.2) is 0 Å². The Morgan fingerprint density at radius 1 is 1.33 bits per heavy atom. The molecule has 1 aliphatic carbocycles. The lowest BCUT2D eigenvalue weighted by Crippen LogP contribution is -2.22. The number of hydrogen-bond donors (Lipinski definition) is 2. The number of nitrogens with zero attached hydrogens (tertiary/aromatic N) is 1. The Labute approximate surface area is 115 Å². The van der Waals surface area contributed by atoms with Gasteiger partial charge in [-0.2, -0.15) is 0 Å². The van der Waals surface area contributed by atoms with Crippen molar-refractivity contribution in [2.24, 2.45) is 10.9 Å². The zero-order valence-corrected chi connectivity index (χ0v) is 11.7. The van der Waals surface area contributed by atoms with E-state index in [0.29, 0.717) is 11.3 Å². The lowest BCUT2D eigenvalue weighted by atomic mass is 9.97. The molecule has 2 rings (SSSR count). The average Bonchev–Trinajstić information content (AvgIpc) is 2.39. The summed E-state index contributed by atoms with van der Waals surface area (Å²) in [6, 6.07) is 5.59. The fourth-order valence-corrected chi connectivity index (χ4v) is 2.81. The molecule has 1 saturated carbocycles. The van der Waals surface area contributed by atoms with Crippen LogP contribution in [0.3, 0.4) is 0 Å². The number of rotatable bonds is 3. The number of ether oxygens (including phenoxy) is 1. The van der Waals surface area contributed by atoms with Crippen LogP contribution in [-0.4, -0.2) is 17.1 Å². The van der Waals surface area contributed by atoms with Crippen molar-refractivity contribution in [3.63, 3.8) is 0 Å². The number of halogens is 1. The highest BCUT2D eigenvalue weighted by atomic mass is 79.9. The van der Waals surface area contributed by atoms with Crippen LogP contribution in [-0.2, 0) is 0 Å². The molecule has 4 nitrogen and oxygen atoms in total. The summed E-state index contributed by atoms with van der Waals surface area (Å²) >= 11 is 3.40. The second-order valence-corrected chi connectivity index (χ2v) is 5.33. The van der Waals surface area contributed by atoms with E-state index in [2.05, 4.69) is 21.1 Å². The van der Waals surface area contributed by atoms with Gasteiger partial charge in [0.15, 0.2) is 5.84 Å². The van der Waals surface area contributed by atoms with Gasteiger partial charge in [-0.3, -0.25) is 0 Å². The van der Waals surface area contributed by atoms with E-state index < -0.39 is 0 Å². The predicted molar refractivity (Wildman–Crippen MR) is 74.2 cm³/mol. The quantitative estimate of drug-likeness (QED) is 0.389. The normalized spacial score (nSPS) is 17.7. The monoisotopic (exact) mass is 312 g/mol. The van der Waals surface area contributed by atoms with E-state index in [-0.39, 0.29) is 11.9 Å². The highest BCUT2D eigenvalue weighted by Gasteiger charge is 2.19. The molecule has 0 bridgehead atoms. The van der Waals surface area contributed by atoms with Crippen LogP contribution in [0.2, 0.25) is 0 Å². The van der Waals surface area contributed by atoms with Crippen LogP contribution < -0.4 is 10.5 Å². The van der Waals surface area contributed by atoms with Crippen LogP contribution in [0.25, 0.3) is 0 Å². The molecule has 3 N–H and O–H groups in total. The molecule has 1 aromatic rings. The molecule has 98 valence electrons. The largest absolute Gasteiger partial charge is 0.490 e. The number of benzene rings is 1. The zero-order valence-electron chi connectivity index (χ0n) is 10.1. The summed E-state index contributed by atoms with van der Waals surface area (Å²) in [7, 11) is 0. The number of hydrogen-bond acceptors (Lipinski definition) is 3. The molecule has 0 radical (unpaired) electrons. The van der Waals surface area contributed by atoms with Crippen molar-refractivity contribution in [1.82, 2.24) is 0 Å². The smallest absolute Gasteiger partial charge is 0.174 e. The van der Waals surface area contributed by atoms with Gasteiger partial charge in [-0.05, 0) is 53.7 Å². The molecule has 0 amide bonds. The van der Waals surface area contributed by atoms with Crippen LogP contribution in [0.5, 0.6) is 5.75 Å². The Hall–Kier alpha value is -1.23. The molecule has 5 heteroatoms. The van der Waals surface area contributed by atoms with Gasteiger partial charge in [0.2, 0.25) is 0 Å². The van der Waals surface area contributed by atoms with Gasteiger partial charge < -0.3 is 15.7 Å². The maximum atomic E-state index is 8.83. The van der Waals surface area contributed by atoms with E-state index in [1.54, 1.807) is 0 Å². The van der Waals surface area contributed by atoms with Crippen molar-refractivity contribution in [2.75, 3.05) is 0 Å². The average molecular weight is 313 g/mol. The summed E-state index contributed by atoms with van der Waals surface area (Å²) in [5, 5.41) is 11.9. The van der Waals surface area contributed by atoms with Crippen molar-refractivity contribution < 1.29 is 9.94 Å². The van der Waals surface area contributed by atoms with Crippen LogP contribution in [0.1, 0.15) is 37.7 Å². The first-order valence-electron chi connectivity index (χ1n) is 6.15. The summed E-state index contributed by atoms with van der Waals surface area (Å²) < 4.78 is 6.76. The molecule has 1 aromatic carbocycles. The Kier molecular flexibility index (Phi) is 4.47. The second-order valence-electron chi connectivity index (χ2n) is 4.48. The van der Waals surface area contributed by atoms with Gasteiger partial charge in [0.25, 0.3) is 0 Å².